The molecule has 1 aliphatic rings. The normalized spacial score (nSPS) is 14.4. The van der Waals surface area contributed by atoms with Crippen LogP contribution >= 0.6 is 11.8 Å². The van der Waals surface area contributed by atoms with Crippen molar-refractivity contribution >= 4 is 29.3 Å². The van der Waals surface area contributed by atoms with E-state index < -0.39 is 0 Å². The SMILES string of the molecule is O=C(NCCSc1ccccc1)c1ccc(N2CCCCC2=O)cc1. The summed E-state index contributed by atoms with van der Waals surface area (Å²) in [4.78, 5) is 27.2. The molecule has 1 fully saturated rings. The molecule has 1 heterocycles. The number of amides is 2. The summed E-state index contributed by atoms with van der Waals surface area (Å²) in [6.07, 6.45) is 2.62. The molecule has 0 spiro atoms. The van der Waals surface area contributed by atoms with Gasteiger partial charge >= 0.3 is 0 Å². The van der Waals surface area contributed by atoms with Gasteiger partial charge in [0.05, 0.1) is 0 Å². The lowest BCUT2D eigenvalue weighted by atomic mass is 10.1. The molecule has 1 saturated heterocycles. The van der Waals surface area contributed by atoms with E-state index in [1.54, 1.807) is 23.9 Å². The molecule has 3 rings (SSSR count). The van der Waals surface area contributed by atoms with Crippen LogP contribution in [0.4, 0.5) is 5.69 Å². The van der Waals surface area contributed by atoms with Gasteiger partial charge in [0.2, 0.25) is 5.91 Å². The molecule has 0 bridgehead atoms. The van der Waals surface area contributed by atoms with Crippen molar-refractivity contribution in [3.63, 3.8) is 0 Å². The van der Waals surface area contributed by atoms with Gasteiger partial charge in [-0.1, -0.05) is 18.2 Å². The standard InChI is InChI=1S/C20H22N2O2S/c23-19-8-4-5-14-22(19)17-11-9-16(10-12-17)20(24)21-13-15-25-18-6-2-1-3-7-18/h1-3,6-7,9-12H,4-5,8,13-15H2,(H,21,24). The first-order chi connectivity index (χ1) is 12.2. The Balaban J connectivity index is 1.48. The summed E-state index contributed by atoms with van der Waals surface area (Å²) in [5.74, 6) is 0.919. The fraction of sp³-hybridized carbons (Fsp3) is 0.300. The van der Waals surface area contributed by atoms with Crippen molar-refractivity contribution in [2.45, 2.75) is 24.2 Å². The van der Waals surface area contributed by atoms with Crippen LogP contribution in [0.25, 0.3) is 0 Å². The topological polar surface area (TPSA) is 49.4 Å². The van der Waals surface area contributed by atoms with Gasteiger partial charge in [-0.25, -0.2) is 0 Å². The fourth-order valence-corrected chi connectivity index (χ4v) is 3.61. The Morgan fingerprint density at radius 2 is 1.80 bits per heavy atom. The second-order valence-electron chi connectivity index (χ2n) is 5.97. The maximum Gasteiger partial charge on any atom is 0.251 e. The van der Waals surface area contributed by atoms with E-state index in [1.807, 2.05) is 35.2 Å². The maximum atomic E-state index is 12.2. The van der Waals surface area contributed by atoms with E-state index in [1.165, 1.54) is 4.90 Å². The van der Waals surface area contributed by atoms with Crippen molar-refractivity contribution in [3.8, 4) is 0 Å². The first-order valence-corrected chi connectivity index (χ1v) is 9.59. The number of rotatable bonds is 6. The molecular weight excluding hydrogens is 332 g/mol. The highest BCUT2D eigenvalue weighted by atomic mass is 32.2. The van der Waals surface area contributed by atoms with Gasteiger partial charge in [-0.15, -0.1) is 11.8 Å². The number of hydrogen-bond acceptors (Lipinski definition) is 3. The number of thioether (sulfide) groups is 1. The van der Waals surface area contributed by atoms with Crippen LogP contribution in [0.15, 0.2) is 59.5 Å². The minimum Gasteiger partial charge on any atom is -0.351 e. The summed E-state index contributed by atoms with van der Waals surface area (Å²) in [5, 5.41) is 2.94. The molecule has 2 aromatic carbocycles. The molecule has 4 nitrogen and oxygen atoms in total. The zero-order chi connectivity index (χ0) is 17.5. The van der Waals surface area contributed by atoms with E-state index in [-0.39, 0.29) is 11.8 Å². The number of carbonyl (C=O) groups is 2. The Morgan fingerprint density at radius 1 is 1.04 bits per heavy atom. The van der Waals surface area contributed by atoms with Gasteiger partial charge in [-0.05, 0) is 49.2 Å². The minimum absolute atomic E-state index is 0.0785. The van der Waals surface area contributed by atoms with Crippen LogP contribution in [0.5, 0.6) is 0 Å². The average molecular weight is 354 g/mol. The smallest absolute Gasteiger partial charge is 0.251 e. The summed E-state index contributed by atoms with van der Waals surface area (Å²) in [6, 6.07) is 17.4. The lowest BCUT2D eigenvalue weighted by Gasteiger charge is -2.26. The van der Waals surface area contributed by atoms with E-state index >= 15 is 0 Å². The van der Waals surface area contributed by atoms with Gasteiger partial charge in [-0.2, -0.15) is 0 Å². The van der Waals surface area contributed by atoms with Gasteiger partial charge in [0.25, 0.3) is 5.91 Å². The predicted octanol–water partition coefficient (Wildman–Crippen LogP) is 3.73. The van der Waals surface area contributed by atoms with Crippen molar-refractivity contribution in [1.29, 1.82) is 0 Å². The molecule has 5 heteroatoms. The van der Waals surface area contributed by atoms with Crippen molar-refractivity contribution in [2.75, 3.05) is 23.7 Å². The van der Waals surface area contributed by atoms with Gasteiger partial charge < -0.3 is 10.2 Å². The number of piperidine rings is 1. The monoisotopic (exact) mass is 354 g/mol. The van der Waals surface area contributed by atoms with Crippen LogP contribution in [0, 0.1) is 0 Å². The zero-order valence-electron chi connectivity index (χ0n) is 14.1. The molecule has 2 amide bonds. The third kappa shape index (κ3) is 4.86. The lowest BCUT2D eigenvalue weighted by molar-refractivity contribution is -0.119. The van der Waals surface area contributed by atoms with Crippen molar-refractivity contribution in [3.05, 3.63) is 60.2 Å². The Bertz CT molecular complexity index is 716. The van der Waals surface area contributed by atoms with Crippen LogP contribution in [0.3, 0.4) is 0 Å². The molecule has 2 aromatic rings. The Hall–Kier alpha value is -2.27. The number of hydrogen-bond donors (Lipinski definition) is 1. The molecule has 0 aliphatic carbocycles. The fourth-order valence-electron chi connectivity index (χ4n) is 2.82. The summed E-state index contributed by atoms with van der Waals surface area (Å²) in [6.45, 7) is 1.38. The van der Waals surface area contributed by atoms with Crippen molar-refractivity contribution < 1.29 is 9.59 Å². The van der Waals surface area contributed by atoms with Gasteiger partial charge in [0, 0.05) is 41.4 Å². The molecule has 0 saturated carbocycles. The lowest BCUT2D eigenvalue weighted by Crippen LogP contribution is -2.35. The molecule has 25 heavy (non-hydrogen) atoms. The molecular formula is C20H22N2O2S. The van der Waals surface area contributed by atoms with Gasteiger partial charge in [0.1, 0.15) is 0 Å². The molecule has 0 aromatic heterocycles. The number of anilines is 1. The second-order valence-corrected chi connectivity index (χ2v) is 7.14. The average Bonchev–Trinajstić information content (AvgIpc) is 2.66. The molecule has 1 N–H and O–H groups in total. The predicted molar refractivity (Wildman–Crippen MR) is 102 cm³/mol. The number of nitrogens with one attached hydrogen (secondary N) is 1. The summed E-state index contributed by atoms with van der Waals surface area (Å²) in [5.41, 5.74) is 1.50. The van der Waals surface area contributed by atoms with E-state index in [2.05, 4.69) is 17.4 Å². The van der Waals surface area contributed by atoms with Crippen molar-refractivity contribution in [2.24, 2.45) is 0 Å². The van der Waals surface area contributed by atoms with E-state index in [9.17, 15) is 9.59 Å². The highest BCUT2D eigenvalue weighted by Gasteiger charge is 2.19. The summed E-state index contributed by atoms with van der Waals surface area (Å²) < 4.78 is 0. The molecule has 130 valence electrons. The number of carbonyl (C=O) groups excluding carboxylic acids is 2. The van der Waals surface area contributed by atoms with Crippen LogP contribution in [-0.4, -0.2) is 30.7 Å². The number of benzene rings is 2. The minimum atomic E-state index is -0.0785. The van der Waals surface area contributed by atoms with Crippen LogP contribution in [0.2, 0.25) is 0 Å². The van der Waals surface area contributed by atoms with E-state index in [0.29, 0.717) is 18.5 Å². The zero-order valence-corrected chi connectivity index (χ0v) is 14.9. The highest BCUT2D eigenvalue weighted by molar-refractivity contribution is 7.99. The van der Waals surface area contributed by atoms with Gasteiger partial charge in [0.15, 0.2) is 0 Å². The first-order valence-electron chi connectivity index (χ1n) is 8.60. The maximum absolute atomic E-state index is 12.2. The van der Waals surface area contributed by atoms with Crippen LogP contribution in [0.1, 0.15) is 29.6 Å². The molecule has 0 atom stereocenters. The second kappa shape index (κ2) is 8.72. The Morgan fingerprint density at radius 3 is 2.52 bits per heavy atom. The molecule has 0 radical (unpaired) electrons. The molecule has 0 unspecified atom stereocenters. The largest absolute Gasteiger partial charge is 0.351 e. The quantitative estimate of drug-likeness (QED) is 0.635. The van der Waals surface area contributed by atoms with Crippen LogP contribution in [-0.2, 0) is 4.79 Å². The van der Waals surface area contributed by atoms with Crippen LogP contribution < -0.4 is 10.2 Å². The third-order valence-corrected chi connectivity index (χ3v) is 5.18. The van der Waals surface area contributed by atoms with Crippen molar-refractivity contribution in [1.82, 2.24) is 5.32 Å². The van der Waals surface area contributed by atoms with Gasteiger partial charge in [-0.3, -0.25) is 9.59 Å². The Kier molecular flexibility index (Phi) is 6.12. The van der Waals surface area contributed by atoms with E-state index in [0.717, 1.165) is 30.8 Å². The van der Waals surface area contributed by atoms with E-state index in [4.69, 9.17) is 0 Å². The number of nitrogens with zero attached hydrogens (tertiary/aromatic N) is 1. The molecule has 1 aliphatic heterocycles. The Labute approximate surface area is 152 Å². The third-order valence-electron chi connectivity index (χ3n) is 4.16. The first kappa shape index (κ1) is 17.5. The summed E-state index contributed by atoms with van der Waals surface area (Å²) in [7, 11) is 0. The highest BCUT2D eigenvalue weighted by Crippen LogP contribution is 2.21. The summed E-state index contributed by atoms with van der Waals surface area (Å²) >= 11 is 1.72.